The summed E-state index contributed by atoms with van der Waals surface area (Å²) >= 11 is 12.0. The normalized spacial score (nSPS) is 24.1. The summed E-state index contributed by atoms with van der Waals surface area (Å²) in [6, 6.07) is 8.32. The summed E-state index contributed by atoms with van der Waals surface area (Å²) in [6.07, 6.45) is 1.34. The molecular weight excluding hydrogens is 519 g/mol. The van der Waals surface area contributed by atoms with Crippen LogP contribution in [-0.2, 0) is 20.4 Å². The first kappa shape index (κ1) is 24.1. The SMILES string of the molecule is CC12CCC(C(=O)NNC(=O)COc3ccc(Cl)cc3Cl)(c3nc4cc5c(cc4nc31)OCO5)C2(C)C. The Morgan fingerprint density at radius 3 is 2.32 bits per heavy atom. The molecule has 1 fully saturated rings. The Bertz CT molecular complexity index is 1500. The molecule has 1 aromatic heterocycles. The van der Waals surface area contributed by atoms with Crippen LogP contribution in [0.5, 0.6) is 17.2 Å². The predicted molar refractivity (Wildman–Crippen MR) is 136 cm³/mol. The highest BCUT2D eigenvalue weighted by Crippen LogP contribution is 2.70. The molecule has 9 nitrogen and oxygen atoms in total. The number of ether oxygens (including phenoxy) is 3. The average molecular weight is 543 g/mol. The van der Waals surface area contributed by atoms with Crippen molar-refractivity contribution in [3.8, 4) is 17.2 Å². The fourth-order valence-corrected chi connectivity index (χ4v) is 6.46. The van der Waals surface area contributed by atoms with Gasteiger partial charge in [0.25, 0.3) is 11.8 Å². The van der Waals surface area contributed by atoms with E-state index in [9.17, 15) is 9.59 Å². The molecule has 0 saturated heterocycles. The third-order valence-electron chi connectivity index (χ3n) is 8.49. The molecule has 2 atom stereocenters. The molecule has 3 aliphatic rings. The molecule has 1 saturated carbocycles. The van der Waals surface area contributed by atoms with Crippen LogP contribution in [0.2, 0.25) is 10.0 Å². The maximum Gasteiger partial charge on any atom is 0.276 e. The van der Waals surface area contributed by atoms with Gasteiger partial charge in [0.05, 0.1) is 27.4 Å². The number of benzene rings is 2. The molecule has 2 heterocycles. The molecule has 0 spiro atoms. The third kappa shape index (κ3) is 3.30. The van der Waals surface area contributed by atoms with Crippen LogP contribution in [0.3, 0.4) is 0 Å². The second kappa shape index (κ2) is 8.10. The van der Waals surface area contributed by atoms with Gasteiger partial charge >= 0.3 is 0 Å². The highest BCUT2D eigenvalue weighted by atomic mass is 35.5. The predicted octanol–water partition coefficient (Wildman–Crippen LogP) is 4.22. The van der Waals surface area contributed by atoms with E-state index in [1.807, 2.05) is 6.07 Å². The van der Waals surface area contributed by atoms with Crippen molar-refractivity contribution in [2.45, 2.75) is 44.4 Å². The van der Waals surface area contributed by atoms with E-state index < -0.39 is 16.7 Å². The molecule has 2 N–H and O–H groups in total. The molecule has 3 aromatic rings. The zero-order valence-electron chi connectivity index (χ0n) is 20.4. The molecule has 0 radical (unpaired) electrons. The lowest BCUT2D eigenvalue weighted by molar-refractivity contribution is -0.135. The van der Waals surface area contributed by atoms with E-state index >= 15 is 0 Å². The van der Waals surface area contributed by atoms with Crippen LogP contribution in [0.25, 0.3) is 11.0 Å². The molecule has 6 rings (SSSR count). The van der Waals surface area contributed by atoms with Gasteiger partial charge in [0.1, 0.15) is 11.2 Å². The number of fused-ring (bicyclic) bond motifs is 7. The molecule has 2 amide bonds. The number of aromatic nitrogens is 2. The molecule has 192 valence electrons. The first-order chi connectivity index (χ1) is 17.6. The van der Waals surface area contributed by atoms with Gasteiger partial charge in [-0.25, -0.2) is 9.97 Å². The number of halogens is 2. The Morgan fingerprint density at radius 2 is 1.65 bits per heavy atom. The average Bonchev–Trinajstić information content (AvgIpc) is 3.43. The van der Waals surface area contributed by atoms with Crippen LogP contribution in [0, 0.1) is 5.41 Å². The van der Waals surface area contributed by atoms with Crippen molar-refractivity contribution in [2.24, 2.45) is 5.41 Å². The minimum absolute atomic E-state index is 0.149. The fraction of sp³-hybridized carbons (Fsp3) is 0.385. The van der Waals surface area contributed by atoms with Crippen LogP contribution in [0.1, 0.15) is 45.0 Å². The zero-order valence-corrected chi connectivity index (χ0v) is 21.9. The van der Waals surface area contributed by atoms with E-state index in [0.717, 1.165) is 12.1 Å². The standard InChI is InChI=1S/C26H24Cl2N4O5/c1-24(2)25(3)6-7-26(24,22-21(25)29-15-9-18-19(37-12-36-18)10-16(15)30-22)23(34)32-31-20(33)11-35-17-5-4-13(27)8-14(17)28/h4-5,8-10H,6-7,11-12H2,1-3H3,(H,31,33)(H,32,34). The quantitative estimate of drug-likeness (QED) is 0.474. The maximum atomic E-state index is 13.8. The smallest absolute Gasteiger partial charge is 0.276 e. The van der Waals surface area contributed by atoms with E-state index in [1.165, 1.54) is 6.07 Å². The van der Waals surface area contributed by atoms with Gasteiger partial charge in [-0.1, -0.05) is 44.0 Å². The van der Waals surface area contributed by atoms with Gasteiger partial charge in [-0.15, -0.1) is 0 Å². The van der Waals surface area contributed by atoms with Crippen LogP contribution in [0.15, 0.2) is 30.3 Å². The van der Waals surface area contributed by atoms with Crippen molar-refractivity contribution in [1.29, 1.82) is 0 Å². The summed E-state index contributed by atoms with van der Waals surface area (Å²) in [6.45, 7) is 6.06. The Balaban J connectivity index is 1.27. The van der Waals surface area contributed by atoms with E-state index in [-0.39, 0.29) is 29.7 Å². The van der Waals surface area contributed by atoms with Gasteiger partial charge < -0.3 is 14.2 Å². The fourth-order valence-electron chi connectivity index (χ4n) is 6.00. The molecule has 2 unspecified atom stereocenters. The Morgan fingerprint density at radius 1 is 0.973 bits per heavy atom. The lowest BCUT2D eigenvalue weighted by Gasteiger charge is -2.39. The molecule has 11 heteroatoms. The number of amides is 2. The molecule has 2 aliphatic carbocycles. The Hall–Kier alpha value is -3.30. The zero-order chi connectivity index (χ0) is 26.2. The summed E-state index contributed by atoms with van der Waals surface area (Å²) in [4.78, 5) is 36.2. The number of nitrogens with zero attached hydrogens (tertiary/aromatic N) is 2. The first-order valence-electron chi connectivity index (χ1n) is 11.9. The van der Waals surface area contributed by atoms with Crippen LogP contribution >= 0.6 is 23.2 Å². The van der Waals surface area contributed by atoms with E-state index in [4.69, 9.17) is 47.4 Å². The second-order valence-corrected chi connectivity index (χ2v) is 11.2. The van der Waals surface area contributed by atoms with E-state index in [2.05, 4.69) is 31.6 Å². The summed E-state index contributed by atoms with van der Waals surface area (Å²) in [5.74, 6) is 0.664. The highest BCUT2D eigenvalue weighted by molar-refractivity contribution is 6.35. The summed E-state index contributed by atoms with van der Waals surface area (Å²) in [5.41, 5.74) is 5.96. The van der Waals surface area contributed by atoms with Crippen molar-refractivity contribution < 1.29 is 23.8 Å². The number of hydrogen-bond donors (Lipinski definition) is 2. The highest BCUT2D eigenvalue weighted by Gasteiger charge is 2.73. The lowest BCUT2D eigenvalue weighted by atomic mass is 9.63. The number of rotatable bonds is 4. The van der Waals surface area contributed by atoms with Crippen LogP contribution in [-0.4, -0.2) is 35.2 Å². The number of hydrogen-bond acceptors (Lipinski definition) is 7. The third-order valence-corrected chi connectivity index (χ3v) is 9.02. The molecular formula is C26H24Cl2N4O5. The Kier molecular flexibility index (Phi) is 5.27. The van der Waals surface area contributed by atoms with Gasteiger partial charge in [-0.05, 0) is 36.5 Å². The number of hydrazine groups is 1. The van der Waals surface area contributed by atoms with E-state index in [0.29, 0.717) is 45.4 Å². The minimum atomic E-state index is -0.984. The van der Waals surface area contributed by atoms with Gasteiger partial charge in [0, 0.05) is 22.6 Å². The van der Waals surface area contributed by atoms with Gasteiger partial charge in [0.2, 0.25) is 6.79 Å². The molecule has 2 aromatic carbocycles. The van der Waals surface area contributed by atoms with Gasteiger partial charge in [-0.2, -0.15) is 0 Å². The summed E-state index contributed by atoms with van der Waals surface area (Å²) < 4.78 is 16.5. The number of carbonyl (C=O) groups is 2. The van der Waals surface area contributed by atoms with Gasteiger partial charge in [-0.3, -0.25) is 20.4 Å². The largest absolute Gasteiger partial charge is 0.482 e. The number of nitrogens with one attached hydrogen (secondary N) is 2. The lowest BCUT2D eigenvalue weighted by Crippen LogP contribution is -2.56. The molecule has 1 aliphatic heterocycles. The Labute approximate surface area is 222 Å². The minimum Gasteiger partial charge on any atom is -0.482 e. The summed E-state index contributed by atoms with van der Waals surface area (Å²) in [5, 5.41) is 0.739. The first-order valence-corrected chi connectivity index (χ1v) is 12.6. The van der Waals surface area contributed by atoms with Crippen LogP contribution in [0.4, 0.5) is 0 Å². The second-order valence-electron chi connectivity index (χ2n) is 10.3. The van der Waals surface area contributed by atoms with Crippen LogP contribution < -0.4 is 25.1 Å². The molecule has 37 heavy (non-hydrogen) atoms. The van der Waals surface area contributed by atoms with Crippen molar-refractivity contribution in [1.82, 2.24) is 20.8 Å². The van der Waals surface area contributed by atoms with E-state index in [1.54, 1.807) is 18.2 Å². The maximum absolute atomic E-state index is 13.8. The molecule has 2 bridgehead atoms. The van der Waals surface area contributed by atoms with Crippen molar-refractivity contribution >= 4 is 46.0 Å². The van der Waals surface area contributed by atoms with Gasteiger partial charge in [0.15, 0.2) is 18.1 Å². The topological polar surface area (TPSA) is 112 Å². The van der Waals surface area contributed by atoms with Crippen molar-refractivity contribution in [2.75, 3.05) is 13.4 Å². The number of carbonyl (C=O) groups excluding carboxylic acids is 2. The van der Waals surface area contributed by atoms with Crippen molar-refractivity contribution in [3.05, 3.63) is 51.8 Å². The van der Waals surface area contributed by atoms with Crippen molar-refractivity contribution in [3.63, 3.8) is 0 Å². The monoisotopic (exact) mass is 542 g/mol. The summed E-state index contributed by atoms with van der Waals surface area (Å²) in [7, 11) is 0.